The molecule has 2 amide bonds. The Bertz CT molecular complexity index is 834. The van der Waals surface area contributed by atoms with E-state index in [4.69, 9.17) is 16.3 Å². The summed E-state index contributed by atoms with van der Waals surface area (Å²) in [5, 5.41) is 4.31. The second-order valence-electron chi connectivity index (χ2n) is 5.08. The van der Waals surface area contributed by atoms with Crippen molar-refractivity contribution in [2.24, 2.45) is 0 Å². The quantitative estimate of drug-likeness (QED) is 0.774. The molecular weight excluding hydrogens is 375 g/mol. The Morgan fingerprint density at radius 2 is 1.96 bits per heavy atom. The predicted octanol–water partition coefficient (Wildman–Crippen LogP) is 4.08. The van der Waals surface area contributed by atoms with Crippen LogP contribution in [0.3, 0.4) is 0 Å². The second-order valence-corrected chi connectivity index (χ2v) is 5.49. The first-order valence-corrected chi connectivity index (χ1v) is 7.80. The first-order valence-electron chi connectivity index (χ1n) is 7.42. The molecule has 0 aliphatic carbocycles. The Morgan fingerprint density at radius 1 is 1.27 bits per heavy atom. The molecule has 26 heavy (non-hydrogen) atoms. The molecule has 2 rings (SSSR count). The summed E-state index contributed by atoms with van der Waals surface area (Å²) < 4.78 is 44.7. The van der Waals surface area contributed by atoms with Gasteiger partial charge in [0.25, 0.3) is 0 Å². The van der Waals surface area contributed by atoms with Crippen molar-refractivity contribution in [3.05, 3.63) is 46.7 Å². The molecule has 0 atom stereocenters. The fraction of sp³-hybridized carbons (Fsp3) is 0.250. The highest BCUT2D eigenvalue weighted by Crippen LogP contribution is 2.36. The largest absolute Gasteiger partial charge is 0.462 e. The van der Waals surface area contributed by atoms with Gasteiger partial charge in [-0.15, -0.1) is 0 Å². The van der Waals surface area contributed by atoms with Crippen molar-refractivity contribution in [1.29, 1.82) is 0 Å². The Hall–Kier alpha value is -2.68. The normalized spacial score (nSPS) is 11.2. The van der Waals surface area contributed by atoms with Crippen LogP contribution in [-0.2, 0) is 10.9 Å². The van der Waals surface area contributed by atoms with E-state index in [9.17, 15) is 22.8 Å². The van der Waals surface area contributed by atoms with Gasteiger partial charge in [0.2, 0.25) is 0 Å². The number of anilines is 1. The van der Waals surface area contributed by atoms with Gasteiger partial charge in [-0.05, 0) is 25.1 Å². The van der Waals surface area contributed by atoms with Gasteiger partial charge in [-0.3, -0.25) is 0 Å². The van der Waals surface area contributed by atoms with Gasteiger partial charge >= 0.3 is 18.2 Å². The average molecular weight is 390 g/mol. The van der Waals surface area contributed by atoms with Crippen molar-refractivity contribution in [2.75, 3.05) is 19.0 Å². The smallest absolute Gasteiger partial charge is 0.417 e. The maximum atomic E-state index is 12.8. The molecule has 2 N–H and O–H groups in total. The highest BCUT2D eigenvalue weighted by Gasteiger charge is 2.33. The summed E-state index contributed by atoms with van der Waals surface area (Å²) in [5.74, 6) is -0.685. The third-order valence-corrected chi connectivity index (χ3v) is 3.67. The van der Waals surface area contributed by atoms with Crippen molar-refractivity contribution in [3.8, 4) is 5.69 Å². The number of esters is 1. The number of aromatic nitrogens is 1. The number of halogens is 4. The van der Waals surface area contributed by atoms with Crippen molar-refractivity contribution in [2.45, 2.75) is 13.1 Å². The van der Waals surface area contributed by atoms with Crippen molar-refractivity contribution < 1.29 is 27.5 Å². The van der Waals surface area contributed by atoms with Crippen molar-refractivity contribution in [3.63, 3.8) is 0 Å². The predicted molar refractivity (Wildman–Crippen MR) is 89.8 cm³/mol. The van der Waals surface area contributed by atoms with Crippen LogP contribution in [0.25, 0.3) is 5.69 Å². The monoisotopic (exact) mass is 389 g/mol. The summed E-state index contributed by atoms with van der Waals surface area (Å²) in [6.45, 7) is 1.74. The van der Waals surface area contributed by atoms with E-state index in [1.54, 1.807) is 6.92 Å². The first kappa shape index (κ1) is 19.6. The van der Waals surface area contributed by atoms with Gasteiger partial charge in [0.1, 0.15) is 5.56 Å². The van der Waals surface area contributed by atoms with E-state index < -0.39 is 28.8 Å². The fourth-order valence-corrected chi connectivity index (χ4v) is 2.44. The standard InChI is InChI=1S/C16H15ClF3N3O3/c1-3-26-14(24)10-7-23(8-13(10)22-15(25)21-2)9-4-5-11(12(17)6-9)16(18,19)20/h4-8H,3H2,1-2H3,(H2,21,22,25). The molecule has 140 valence electrons. The molecule has 1 aromatic heterocycles. The third-order valence-electron chi connectivity index (χ3n) is 3.35. The number of carbonyl (C=O) groups is 2. The third kappa shape index (κ3) is 4.29. The molecule has 2 aromatic rings. The van der Waals surface area contributed by atoms with Gasteiger partial charge < -0.3 is 19.9 Å². The highest BCUT2D eigenvalue weighted by atomic mass is 35.5. The van der Waals surface area contributed by atoms with Crippen LogP contribution in [0.15, 0.2) is 30.6 Å². The number of hydrogen-bond acceptors (Lipinski definition) is 3. The molecule has 0 unspecified atom stereocenters. The Balaban J connectivity index is 2.46. The van der Waals surface area contributed by atoms with Crippen LogP contribution in [0.5, 0.6) is 0 Å². The molecule has 10 heteroatoms. The minimum absolute atomic E-state index is 0.0477. The molecule has 1 aromatic carbocycles. The number of alkyl halides is 3. The molecule has 0 bridgehead atoms. The fourth-order valence-electron chi connectivity index (χ4n) is 2.15. The van der Waals surface area contributed by atoms with Gasteiger partial charge in [0, 0.05) is 25.1 Å². The van der Waals surface area contributed by atoms with Gasteiger partial charge in [0.15, 0.2) is 0 Å². The van der Waals surface area contributed by atoms with Crippen molar-refractivity contribution in [1.82, 2.24) is 9.88 Å². The van der Waals surface area contributed by atoms with E-state index in [0.717, 1.165) is 12.1 Å². The number of carbonyl (C=O) groups excluding carboxylic acids is 2. The summed E-state index contributed by atoms with van der Waals surface area (Å²) in [4.78, 5) is 23.6. The summed E-state index contributed by atoms with van der Waals surface area (Å²) >= 11 is 5.72. The lowest BCUT2D eigenvalue weighted by Crippen LogP contribution is -2.25. The molecule has 0 aliphatic rings. The molecule has 1 heterocycles. The molecule has 0 spiro atoms. The molecule has 0 radical (unpaired) electrons. The lowest BCUT2D eigenvalue weighted by Gasteiger charge is -2.10. The van der Waals surface area contributed by atoms with Crippen LogP contribution in [0.1, 0.15) is 22.8 Å². The zero-order valence-corrected chi connectivity index (χ0v) is 14.5. The zero-order valence-electron chi connectivity index (χ0n) is 13.8. The topological polar surface area (TPSA) is 72.4 Å². The first-order chi connectivity index (χ1) is 12.2. The lowest BCUT2D eigenvalue weighted by molar-refractivity contribution is -0.137. The highest BCUT2D eigenvalue weighted by molar-refractivity contribution is 6.31. The number of hydrogen-bond donors (Lipinski definition) is 2. The number of urea groups is 1. The Labute approximate surface area is 151 Å². The van der Waals surface area contributed by atoms with E-state index in [1.165, 1.54) is 30.1 Å². The SMILES string of the molecule is CCOC(=O)c1cn(-c2ccc(C(F)(F)F)c(Cl)c2)cc1NC(=O)NC. The summed E-state index contributed by atoms with van der Waals surface area (Å²) in [7, 11) is 1.39. The second kappa shape index (κ2) is 7.69. The molecule has 0 saturated carbocycles. The van der Waals surface area contributed by atoms with E-state index in [0.29, 0.717) is 0 Å². The maximum absolute atomic E-state index is 12.8. The average Bonchev–Trinajstić information content (AvgIpc) is 2.97. The van der Waals surface area contributed by atoms with Crippen LogP contribution >= 0.6 is 11.6 Å². The van der Waals surface area contributed by atoms with Crippen LogP contribution in [0, 0.1) is 0 Å². The van der Waals surface area contributed by atoms with Gasteiger partial charge in [-0.1, -0.05) is 11.6 Å². The van der Waals surface area contributed by atoms with Crippen LogP contribution in [0.2, 0.25) is 5.02 Å². The minimum Gasteiger partial charge on any atom is -0.462 e. The summed E-state index contributed by atoms with van der Waals surface area (Å²) in [6, 6.07) is 2.59. The Kier molecular flexibility index (Phi) is 5.81. The number of nitrogens with one attached hydrogen (secondary N) is 2. The van der Waals surface area contributed by atoms with E-state index in [2.05, 4.69) is 10.6 Å². The molecular formula is C16H15ClF3N3O3. The maximum Gasteiger partial charge on any atom is 0.417 e. The summed E-state index contributed by atoms with van der Waals surface area (Å²) in [6.07, 6.45) is -1.86. The number of rotatable bonds is 4. The van der Waals surface area contributed by atoms with E-state index in [1.807, 2.05) is 0 Å². The van der Waals surface area contributed by atoms with Gasteiger partial charge in [0.05, 0.1) is 22.9 Å². The number of ether oxygens (including phenoxy) is 1. The zero-order chi connectivity index (χ0) is 19.5. The molecule has 0 aliphatic heterocycles. The van der Waals surface area contributed by atoms with Crippen LogP contribution < -0.4 is 10.6 Å². The van der Waals surface area contributed by atoms with Crippen LogP contribution in [0.4, 0.5) is 23.7 Å². The molecule has 0 fully saturated rings. The molecule has 0 saturated heterocycles. The lowest BCUT2D eigenvalue weighted by atomic mass is 10.2. The van der Waals surface area contributed by atoms with Gasteiger partial charge in [-0.25, -0.2) is 9.59 Å². The number of amides is 2. The molecule has 6 nitrogen and oxygen atoms in total. The summed E-state index contributed by atoms with van der Waals surface area (Å²) in [5.41, 5.74) is -0.506. The van der Waals surface area contributed by atoms with E-state index >= 15 is 0 Å². The number of benzene rings is 1. The number of nitrogens with zero attached hydrogens (tertiary/aromatic N) is 1. The Morgan fingerprint density at radius 3 is 2.50 bits per heavy atom. The van der Waals surface area contributed by atoms with E-state index in [-0.39, 0.29) is 23.5 Å². The van der Waals surface area contributed by atoms with Crippen LogP contribution in [-0.4, -0.2) is 30.2 Å². The van der Waals surface area contributed by atoms with Gasteiger partial charge in [-0.2, -0.15) is 13.2 Å². The van der Waals surface area contributed by atoms with Crippen molar-refractivity contribution >= 4 is 29.3 Å². The minimum atomic E-state index is -4.58.